The fourth-order valence-corrected chi connectivity index (χ4v) is 11.6. The van der Waals surface area contributed by atoms with Crippen LogP contribution in [0.1, 0.15) is 26.3 Å². The van der Waals surface area contributed by atoms with Gasteiger partial charge in [-0.2, -0.15) is 9.13 Å². The van der Waals surface area contributed by atoms with E-state index in [1.54, 1.807) is 0 Å². The zero-order valence-corrected chi connectivity index (χ0v) is 41.0. The van der Waals surface area contributed by atoms with Crippen LogP contribution in [0.3, 0.4) is 0 Å². The van der Waals surface area contributed by atoms with Gasteiger partial charge in [0.15, 0.2) is 11.0 Å². The molecule has 5 nitrogen and oxygen atoms in total. The highest BCUT2D eigenvalue weighted by Crippen LogP contribution is 2.44. The lowest BCUT2D eigenvalue weighted by molar-refractivity contribution is -0.566. The summed E-state index contributed by atoms with van der Waals surface area (Å²) in [6.45, 7) is 6.75. The maximum atomic E-state index is 6.88. The van der Waals surface area contributed by atoms with E-state index in [2.05, 4.69) is 265 Å². The molecule has 0 aliphatic heterocycles. The standard InChI is InChI=1S/C66H49N4OS/c1-66(2,3)50-36-37-67-62(40-50)70-60-42-53(34-35-56(60)65-64(70)57-28-10-13-33-61(57)72-65)71-52-27-16-26-51(41-52)68-43-69(59-32-12-11-31-58(59)68)63-54(48-24-14-22-46(38-48)44-18-6-4-7-19-44)29-17-30-55(63)49-25-15-23-47(39-49)45-20-8-5-9-21-45/h4-43H,1-3H3/q+1. The van der Waals surface area contributed by atoms with Crippen LogP contribution in [-0.4, -0.2) is 14.1 Å². The number of ether oxygens (including phenoxy) is 1. The van der Waals surface area contributed by atoms with Gasteiger partial charge in [-0.05, 0) is 111 Å². The number of nitrogens with zero attached hydrogens (tertiary/aromatic N) is 4. The first-order chi connectivity index (χ1) is 35.3. The fraction of sp³-hybridized carbons (Fsp3) is 0.0606. The number of rotatable bonds is 9. The van der Waals surface area contributed by atoms with E-state index in [1.807, 2.05) is 23.6 Å². The molecule has 0 unspecified atom stereocenters. The number of benzene rings is 9. The van der Waals surface area contributed by atoms with E-state index in [-0.39, 0.29) is 5.41 Å². The summed E-state index contributed by atoms with van der Waals surface area (Å²) in [5.41, 5.74) is 16.9. The molecule has 6 heteroatoms. The van der Waals surface area contributed by atoms with E-state index in [0.29, 0.717) is 0 Å². The van der Waals surface area contributed by atoms with Crippen molar-refractivity contribution in [3.8, 4) is 73.2 Å². The number of fused-ring (bicyclic) bond motifs is 6. The number of para-hydroxylation sites is 3. The largest absolute Gasteiger partial charge is 0.457 e. The number of aromatic nitrogens is 4. The molecule has 9 aromatic carbocycles. The first kappa shape index (κ1) is 43.2. The van der Waals surface area contributed by atoms with Crippen molar-refractivity contribution in [2.45, 2.75) is 26.2 Å². The zero-order valence-electron chi connectivity index (χ0n) is 40.2. The summed E-state index contributed by atoms with van der Waals surface area (Å²) in [6.07, 6.45) is 4.18. The van der Waals surface area contributed by atoms with Gasteiger partial charge < -0.3 is 4.74 Å². The molecule has 13 aromatic rings. The summed E-state index contributed by atoms with van der Waals surface area (Å²) in [6, 6.07) is 82.4. The molecular weight excluding hydrogens is 897 g/mol. The van der Waals surface area contributed by atoms with Crippen LogP contribution in [0.25, 0.3) is 104 Å². The molecular formula is C66H49N4OS+. The third kappa shape index (κ3) is 7.64. The maximum absolute atomic E-state index is 6.88. The van der Waals surface area contributed by atoms with Crippen molar-refractivity contribution in [2.24, 2.45) is 0 Å². The second-order valence-corrected chi connectivity index (χ2v) is 20.5. The Morgan fingerprint density at radius 1 is 0.486 bits per heavy atom. The van der Waals surface area contributed by atoms with Gasteiger partial charge in [-0.1, -0.05) is 172 Å². The summed E-state index contributed by atoms with van der Waals surface area (Å²) in [7, 11) is 0. The molecule has 0 N–H and O–H groups in total. The van der Waals surface area contributed by atoms with Gasteiger partial charge >= 0.3 is 0 Å². The number of hydrogen-bond donors (Lipinski definition) is 0. The molecule has 0 amide bonds. The summed E-state index contributed by atoms with van der Waals surface area (Å²) >= 11 is 1.83. The minimum absolute atomic E-state index is 0.0330. The highest BCUT2D eigenvalue weighted by molar-refractivity contribution is 7.26. The lowest BCUT2D eigenvalue weighted by atomic mass is 9.88. The summed E-state index contributed by atoms with van der Waals surface area (Å²) in [4.78, 5) is 4.99. The first-order valence-electron chi connectivity index (χ1n) is 24.5. The van der Waals surface area contributed by atoms with Crippen LogP contribution in [0.5, 0.6) is 11.5 Å². The van der Waals surface area contributed by atoms with Crippen LogP contribution in [0.2, 0.25) is 0 Å². The number of imidazole rings is 1. The third-order valence-electron chi connectivity index (χ3n) is 13.9. The van der Waals surface area contributed by atoms with Gasteiger partial charge in [-0.15, -0.1) is 11.3 Å². The molecule has 0 saturated carbocycles. The number of hydrogen-bond acceptors (Lipinski definition) is 3. The van der Waals surface area contributed by atoms with Gasteiger partial charge in [-0.3, -0.25) is 4.57 Å². The van der Waals surface area contributed by atoms with Gasteiger partial charge in [0.1, 0.15) is 28.7 Å². The molecule has 0 atom stereocenters. The Morgan fingerprint density at radius 2 is 1.10 bits per heavy atom. The van der Waals surface area contributed by atoms with E-state index < -0.39 is 0 Å². The molecule has 72 heavy (non-hydrogen) atoms. The quantitative estimate of drug-likeness (QED) is 0.135. The van der Waals surface area contributed by atoms with Crippen molar-refractivity contribution >= 4 is 53.6 Å². The minimum atomic E-state index is -0.0330. The maximum Gasteiger partial charge on any atom is 0.255 e. The molecule has 4 aromatic heterocycles. The van der Waals surface area contributed by atoms with Crippen LogP contribution in [0.15, 0.2) is 243 Å². The molecule has 13 rings (SSSR count). The topological polar surface area (TPSA) is 35.9 Å². The Bertz CT molecular complexity index is 4080. The second-order valence-electron chi connectivity index (χ2n) is 19.5. The first-order valence-corrected chi connectivity index (χ1v) is 25.3. The van der Waals surface area contributed by atoms with Gasteiger partial charge in [0.2, 0.25) is 0 Å². The van der Waals surface area contributed by atoms with E-state index in [1.165, 1.54) is 53.5 Å². The van der Waals surface area contributed by atoms with E-state index in [4.69, 9.17) is 9.72 Å². The highest BCUT2D eigenvalue weighted by atomic mass is 32.1. The van der Waals surface area contributed by atoms with Crippen LogP contribution in [0.4, 0.5) is 0 Å². The lowest BCUT2D eigenvalue weighted by Gasteiger charge is -2.20. The number of thiophene rings is 1. The van der Waals surface area contributed by atoms with Crippen LogP contribution < -0.4 is 9.30 Å². The average molecular weight is 946 g/mol. The van der Waals surface area contributed by atoms with Crippen molar-refractivity contribution in [1.29, 1.82) is 0 Å². The predicted molar refractivity (Wildman–Crippen MR) is 299 cm³/mol. The predicted octanol–water partition coefficient (Wildman–Crippen LogP) is 17.4. The zero-order chi connectivity index (χ0) is 48.3. The molecule has 0 fully saturated rings. The monoisotopic (exact) mass is 945 g/mol. The summed E-state index contributed by atoms with van der Waals surface area (Å²) in [5, 5.41) is 2.40. The van der Waals surface area contributed by atoms with Crippen molar-refractivity contribution in [2.75, 3.05) is 0 Å². The van der Waals surface area contributed by atoms with Crippen molar-refractivity contribution in [1.82, 2.24) is 14.1 Å². The van der Waals surface area contributed by atoms with E-state index in [9.17, 15) is 0 Å². The Balaban J connectivity index is 0.943. The molecule has 0 spiro atoms. The Morgan fingerprint density at radius 3 is 1.82 bits per heavy atom. The Labute approximate surface area is 422 Å². The van der Waals surface area contributed by atoms with Gasteiger partial charge in [0.05, 0.1) is 15.7 Å². The van der Waals surface area contributed by atoms with Gasteiger partial charge in [-0.25, -0.2) is 4.98 Å². The molecule has 0 aliphatic carbocycles. The summed E-state index contributed by atoms with van der Waals surface area (Å²) in [5.74, 6) is 2.39. The molecule has 4 heterocycles. The Hall–Kier alpha value is -8.84. The minimum Gasteiger partial charge on any atom is -0.457 e. The number of pyridine rings is 1. The van der Waals surface area contributed by atoms with E-state index >= 15 is 0 Å². The van der Waals surface area contributed by atoms with Crippen LogP contribution in [-0.2, 0) is 5.41 Å². The van der Waals surface area contributed by atoms with Crippen molar-refractivity contribution in [3.05, 3.63) is 249 Å². The normalized spacial score (nSPS) is 11.8. The Kier molecular flexibility index (Phi) is 10.5. The SMILES string of the molecule is CC(C)(C)c1ccnc(-n2c3cc(Oc4cccc(-n5c[n+](-c6c(-c7cccc(-c8ccccc8)c7)cccc6-c6cccc(-c7ccccc7)c6)c6ccccc65)c4)ccc3c3sc4ccccc4c32)c1. The fourth-order valence-electron chi connectivity index (χ4n) is 10.3. The highest BCUT2D eigenvalue weighted by Gasteiger charge is 2.26. The average Bonchev–Trinajstić information content (AvgIpc) is 4.10. The van der Waals surface area contributed by atoms with Crippen LogP contribution >= 0.6 is 11.3 Å². The molecule has 0 saturated heterocycles. The van der Waals surface area contributed by atoms with Gasteiger partial charge in [0.25, 0.3) is 6.33 Å². The molecule has 0 bridgehead atoms. The molecule has 344 valence electrons. The lowest BCUT2D eigenvalue weighted by Crippen LogP contribution is -2.30. The molecule has 0 aliphatic rings. The smallest absolute Gasteiger partial charge is 0.255 e. The third-order valence-corrected chi connectivity index (χ3v) is 15.1. The van der Waals surface area contributed by atoms with Crippen molar-refractivity contribution in [3.63, 3.8) is 0 Å². The molecule has 0 radical (unpaired) electrons. The van der Waals surface area contributed by atoms with E-state index in [0.717, 1.165) is 67.5 Å². The van der Waals surface area contributed by atoms with Crippen molar-refractivity contribution < 1.29 is 9.30 Å². The van der Waals surface area contributed by atoms with Gasteiger partial charge in [0, 0.05) is 44.9 Å². The summed E-state index contributed by atoms with van der Waals surface area (Å²) < 4.78 is 16.4. The second kappa shape index (κ2) is 17.5. The van der Waals surface area contributed by atoms with Crippen LogP contribution in [0, 0.1) is 0 Å².